The number of aromatic amines is 1. The van der Waals surface area contributed by atoms with Gasteiger partial charge in [-0.1, -0.05) is 6.92 Å². The van der Waals surface area contributed by atoms with E-state index in [2.05, 4.69) is 16.0 Å². The predicted octanol–water partition coefficient (Wildman–Crippen LogP) is 2.88. The second kappa shape index (κ2) is 5.89. The molecule has 1 aromatic carbocycles. The Bertz CT molecular complexity index is 545. The molecule has 102 valence electrons. The molecule has 4 heteroatoms. The van der Waals surface area contributed by atoms with Gasteiger partial charge in [-0.2, -0.15) is 0 Å². The number of aryl methyl sites for hydroxylation is 1. The van der Waals surface area contributed by atoms with Gasteiger partial charge in [0.15, 0.2) is 0 Å². The Balaban J connectivity index is 2.30. The van der Waals surface area contributed by atoms with E-state index in [4.69, 9.17) is 4.74 Å². The predicted molar refractivity (Wildman–Crippen MR) is 75.4 cm³/mol. The van der Waals surface area contributed by atoms with Gasteiger partial charge >= 0.3 is 0 Å². The largest absolute Gasteiger partial charge is 0.496 e. The lowest BCUT2D eigenvalue weighted by Crippen LogP contribution is -2.04. The van der Waals surface area contributed by atoms with Crippen molar-refractivity contribution in [1.29, 1.82) is 0 Å². The molecule has 0 amide bonds. The average Bonchev–Trinajstić information content (AvgIpc) is 2.90. The zero-order valence-corrected chi connectivity index (χ0v) is 11.6. The first kappa shape index (κ1) is 13.6. The lowest BCUT2D eigenvalue weighted by molar-refractivity contribution is 0.258. The number of nitrogens with zero attached hydrogens (tertiary/aromatic N) is 1. The van der Waals surface area contributed by atoms with Crippen molar-refractivity contribution in [2.24, 2.45) is 0 Å². The third-order valence-corrected chi connectivity index (χ3v) is 3.40. The molecular weight excluding hydrogens is 240 g/mol. The van der Waals surface area contributed by atoms with Crippen molar-refractivity contribution < 1.29 is 9.84 Å². The Hall–Kier alpha value is -1.81. The minimum Gasteiger partial charge on any atom is -0.496 e. The number of aliphatic hydroxyl groups is 1. The molecular formula is C15H20N2O2. The molecule has 0 bridgehead atoms. The Kier molecular flexibility index (Phi) is 4.22. The van der Waals surface area contributed by atoms with Crippen LogP contribution in [0.4, 0.5) is 0 Å². The van der Waals surface area contributed by atoms with Gasteiger partial charge in [0.2, 0.25) is 0 Å². The number of hydrogen-bond donors (Lipinski definition) is 2. The highest BCUT2D eigenvalue weighted by molar-refractivity contribution is 5.61. The van der Waals surface area contributed by atoms with E-state index in [1.807, 2.05) is 32.2 Å². The van der Waals surface area contributed by atoms with E-state index in [9.17, 15) is 5.11 Å². The van der Waals surface area contributed by atoms with Crippen molar-refractivity contribution in [2.75, 3.05) is 13.7 Å². The molecule has 0 fully saturated rings. The molecule has 1 aromatic heterocycles. The molecule has 1 unspecified atom stereocenters. The fraction of sp³-hybridized carbons (Fsp3) is 0.400. The normalized spacial score (nSPS) is 12.4. The van der Waals surface area contributed by atoms with E-state index in [1.165, 1.54) is 0 Å². The van der Waals surface area contributed by atoms with Crippen LogP contribution in [0.1, 0.15) is 30.7 Å². The van der Waals surface area contributed by atoms with Crippen LogP contribution in [-0.2, 0) is 0 Å². The lowest BCUT2D eigenvalue weighted by Gasteiger charge is -2.08. The fourth-order valence-electron chi connectivity index (χ4n) is 2.15. The Morgan fingerprint density at radius 3 is 2.79 bits per heavy atom. The third kappa shape index (κ3) is 2.79. The van der Waals surface area contributed by atoms with E-state index < -0.39 is 0 Å². The summed E-state index contributed by atoms with van der Waals surface area (Å²) in [6, 6.07) is 6.02. The number of rotatable bonds is 5. The summed E-state index contributed by atoms with van der Waals surface area (Å²) in [5.41, 5.74) is 3.13. The summed E-state index contributed by atoms with van der Waals surface area (Å²) < 4.78 is 5.26. The van der Waals surface area contributed by atoms with Crippen molar-refractivity contribution in [3.63, 3.8) is 0 Å². The first-order valence-corrected chi connectivity index (χ1v) is 6.50. The molecule has 19 heavy (non-hydrogen) atoms. The van der Waals surface area contributed by atoms with Crippen molar-refractivity contribution in [3.05, 3.63) is 35.8 Å². The topological polar surface area (TPSA) is 58.1 Å². The highest BCUT2D eigenvalue weighted by atomic mass is 16.5. The average molecular weight is 260 g/mol. The number of imidazole rings is 1. The minimum atomic E-state index is 0.0769. The number of aromatic nitrogens is 2. The van der Waals surface area contributed by atoms with Gasteiger partial charge in [-0.3, -0.25) is 0 Å². The SMILES string of the molecule is CCC(CO)c1ncc(-c2ccc(OC)c(C)c2)[nH]1. The van der Waals surface area contributed by atoms with Gasteiger partial charge in [0, 0.05) is 11.5 Å². The maximum Gasteiger partial charge on any atom is 0.121 e. The van der Waals surface area contributed by atoms with Crippen molar-refractivity contribution in [3.8, 4) is 17.0 Å². The second-order valence-electron chi connectivity index (χ2n) is 4.65. The first-order chi connectivity index (χ1) is 9.19. The maximum absolute atomic E-state index is 9.30. The van der Waals surface area contributed by atoms with Crippen LogP contribution < -0.4 is 4.74 Å². The van der Waals surface area contributed by atoms with Crippen molar-refractivity contribution >= 4 is 0 Å². The Morgan fingerprint density at radius 1 is 1.42 bits per heavy atom. The fourth-order valence-corrected chi connectivity index (χ4v) is 2.15. The standard InChI is InChI=1S/C15H20N2O2/c1-4-11(9-18)15-16-8-13(17-15)12-5-6-14(19-3)10(2)7-12/h5-8,11,18H,4,9H2,1-3H3,(H,16,17). The van der Waals surface area contributed by atoms with E-state index in [0.29, 0.717) is 0 Å². The van der Waals surface area contributed by atoms with E-state index in [1.54, 1.807) is 7.11 Å². The smallest absolute Gasteiger partial charge is 0.121 e. The lowest BCUT2D eigenvalue weighted by atomic mass is 10.1. The third-order valence-electron chi connectivity index (χ3n) is 3.40. The molecule has 1 atom stereocenters. The zero-order valence-electron chi connectivity index (χ0n) is 11.6. The summed E-state index contributed by atoms with van der Waals surface area (Å²) in [6.07, 6.45) is 2.68. The highest BCUT2D eigenvalue weighted by Crippen LogP contribution is 2.26. The summed E-state index contributed by atoms with van der Waals surface area (Å²) >= 11 is 0. The highest BCUT2D eigenvalue weighted by Gasteiger charge is 2.13. The number of hydrogen-bond acceptors (Lipinski definition) is 3. The summed E-state index contributed by atoms with van der Waals surface area (Å²) in [5, 5.41) is 9.30. The molecule has 0 aliphatic heterocycles. The molecule has 0 spiro atoms. The summed E-state index contributed by atoms with van der Waals surface area (Å²) in [7, 11) is 1.67. The monoisotopic (exact) mass is 260 g/mol. The van der Waals surface area contributed by atoms with Crippen molar-refractivity contribution in [2.45, 2.75) is 26.2 Å². The number of H-pyrrole nitrogens is 1. The van der Waals surface area contributed by atoms with Gasteiger partial charge in [0.1, 0.15) is 11.6 Å². The van der Waals surface area contributed by atoms with Crippen LogP contribution in [0.3, 0.4) is 0 Å². The van der Waals surface area contributed by atoms with Gasteiger partial charge < -0.3 is 14.8 Å². The van der Waals surface area contributed by atoms with Gasteiger partial charge in [-0.05, 0) is 37.1 Å². The van der Waals surface area contributed by atoms with Crippen LogP contribution in [0, 0.1) is 6.92 Å². The van der Waals surface area contributed by atoms with E-state index in [-0.39, 0.29) is 12.5 Å². The quantitative estimate of drug-likeness (QED) is 0.869. The molecule has 0 aliphatic carbocycles. The number of methoxy groups -OCH3 is 1. The number of benzene rings is 1. The van der Waals surface area contributed by atoms with Crippen LogP contribution >= 0.6 is 0 Å². The van der Waals surface area contributed by atoms with Crippen LogP contribution in [0.25, 0.3) is 11.3 Å². The molecule has 2 aromatic rings. The molecule has 0 radical (unpaired) electrons. The summed E-state index contributed by atoms with van der Waals surface area (Å²) in [4.78, 5) is 7.64. The molecule has 0 saturated heterocycles. The molecule has 4 nitrogen and oxygen atoms in total. The van der Waals surface area contributed by atoms with Gasteiger partial charge in [0.25, 0.3) is 0 Å². The minimum absolute atomic E-state index is 0.0769. The number of aliphatic hydroxyl groups excluding tert-OH is 1. The Morgan fingerprint density at radius 2 is 2.21 bits per heavy atom. The van der Waals surface area contributed by atoms with Gasteiger partial charge in [-0.15, -0.1) is 0 Å². The van der Waals surface area contributed by atoms with Crippen molar-refractivity contribution in [1.82, 2.24) is 9.97 Å². The number of ether oxygens (including phenoxy) is 1. The van der Waals surface area contributed by atoms with Gasteiger partial charge in [-0.25, -0.2) is 4.98 Å². The summed E-state index contributed by atoms with van der Waals surface area (Å²) in [6.45, 7) is 4.17. The molecule has 0 saturated carbocycles. The summed E-state index contributed by atoms with van der Waals surface area (Å²) in [5.74, 6) is 1.80. The van der Waals surface area contributed by atoms with Crippen LogP contribution in [-0.4, -0.2) is 28.8 Å². The van der Waals surface area contributed by atoms with E-state index in [0.717, 1.165) is 34.8 Å². The Labute approximate surface area is 113 Å². The molecule has 2 rings (SSSR count). The molecule has 1 heterocycles. The van der Waals surface area contributed by atoms with Crippen LogP contribution in [0.15, 0.2) is 24.4 Å². The van der Waals surface area contributed by atoms with Gasteiger partial charge in [0.05, 0.1) is 25.6 Å². The van der Waals surface area contributed by atoms with E-state index >= 15 is 0 Å². The van der Waals surface area contributed by atoms with Crippen LogP contribution in [0.5, 0.6) is 5.75 Å². The zero-order chi connectivity index (χ0) is 13.8. The molecule has 2 N–H and O–H groups in total. The number of nitrogens with one attached hydrogen (secondary N) is 1. The van der Waals surface area contributed by atoms with Crippen LogP contribution in [0.2, 0.25) is 0 Å². The second-order valence-corrected chi connectivity index (χ2v) is 4.65. The molecule has 0 aliphatic rings. The maximum atomic E-state index is 9.30. The first-order valence-electron chi connectivity index (χ1n) is 6.50.